The first-order valence-electron chi connectivity index (χ1n) is 19.7. The minimum atomic E-state index is -1.30. The lowest BCUT2D eigenvalue weighted by atomic mass is 9.88. The summed E-state index contributed by atoms with van der Waals surface area (Å²) in [6.07, 6.45) is 1.20. The predicted molar refractivity (Wildman–Crippen MR) is 265 cm³/mol. The maximum absolute atomic E-state index is 12.1. The first kappa shape index (κ1) is 70.6. The average molecular weight is 1040 g/mol. The molecule has 6 N–H and O–H groups in total. The number of esters is 4. The number of aliphatic hydroxyl groups excluding tert-OH is 3. The molecular formula is C39H74O17S7. The Bertz CT molecular complexity index is 1090. The summed E-state index contributed by atoms with van der Waals surface area (Å²) in [6, 6.07) is 0. The van der Waals surface area contributed by atoms with Crippen molar-refractivity contribution in [2.75, 3.05) is 46.2 Å². The highest BCUT2D eigenvalue weighted by molar-refractivity contribution is 7.81. The summed E-state index contributed by atoms with van der Waals surface area (Å²) in [6.45, 7) is 12.3. The zero-order valence-electron chi connectivity index (χ0n) is 37.5. The van der Waals surface area contributed by atoms with Gasteiger partial charge in [0.15, 0.2) is 0 Å². The first-order chi connectivity index (χ1) is 28.9. The van der Waals surface area contributed by atoms with Crippen LogP contribution >= 0.6 is 88.4 Å². The molecule has 24 heteroatoms. The van der Waals surface area contributed by atoms with Gasteiger partial charge in [-0.15, -0.1) is 0 Å². The number of ether oxygens (including phenoxy) is 4. The second-order valence-corrected chi connectivity index (χ2v) is 21.2. The van der Waals surface area contributed by atoms with Crippen molar-refractivity contribution in [3.8, 4) is 0 Å². The summed E-state index contributed by atoms with van der Waals surface area (Å²) in [4.78, 5) is 77.8. The van der Waals surface area contributed by atoms with Crippen LogP contribution in [0.25, 0.3) is 0 Å². The zero-order valence-corrected chi connectivity index (χ0v) is 43.7. The summed E-state index contributed by atoms with van der Waals surface area (Å²) in [5.41, 5.74) is -1.96. The van der Waals surface area contributed by atoms with Gasteiger partial charge in [-0.05, 0) is 6.42 Å². The van der Waals surface area contributed by atoms with Gasteiger partial charge in [-0.1, -0.05) is 55.4 Å². The van der Waals surface area contributed by atoms with Gasteiger partial charge < -0.3 is 49.6 Å². The van der Waals surface area contributed by atoms with E-state index >= 15 is 0 Å². The monoisotopic (exact) mass is 1040 g/mol. The molecule has 0 amide bonds. The number of carboxylic acids is 3. The summed E-state index contributed by atoms with van der Waals surface area (Å²) in [7, 11) is 0. The van der Waals surface area contributed by atoms with Crippen molar-refractivity contribution < 1.29 is 83.1 Å². The molecule has 0 aliphatic rings. The number of aliphatic hydroxyl groups is 3. The van der Waals surface area contributed by atoms with E-state index in [1.807, 2.05) is 6.92 Å². The minimum Gasteiger partial charge on any atom is -0.481 e. The van der Waals surface area contributed by atoms with Crippen LogP contribution in [0.3, 0.4) is 0 Å². The van der Waals surface area contributed by atoms with Crippen molar-refractivity contribution in [1.29, 1.82) is 0 Å². The highest BCUT2D eigenvalue weighted by atomic mass is 32.1. The van der Waals surface area contributed by atoms with E-state index in [1.54, 1.807) is 48.5 Å². The first-order valence-corrected chi connectivity index (χ1v) is 23.4. The van der Waals surface area contributed by atoms with Crippen LogP contribution in [-0.4, -0.2) is 155 Å². The number of carboxylic acid groups (broad SMARTS) is 3. The van der Waals surface area contributed by atoms with Gasteiger partial charge in [-0.3, -0.25) is 33.6 Å². The van der Waals surface area contributed by atoms with Crippen molar-refractivity contribution in [3.63, 3.8) is 0 Å². The Labute approximate surface area is 411 Å². The van der Waals surface area contributed by atoms with Gasteiger partial charge in [-0.2, -0.15) is 88.4 Å². The normalized spacial score (nSPS) is 14.8. The van der Waals surface area contributed by atoms with Crippen LogP contribution in [0.15, 0.2) is 0 Å². The van der Waals surface area contributed by atoms with Gasteiger partial charge in [0, 0.05) is 42.2 Å². The molecular weight excluding hydrogens is 965 g/mol. The Balaban J connectivity index is -0.000000297. The molecule has 0 aromatic heterocycles. The third-order valence-electron chi connectivity index (χ3n) is 7.17. The minimum absolute atomic E-state index is 0.0301. The standard InChI is InChI=1S/C21H36O8S4.C6H14O3.3C4H8O2S/c1-13(30)5-17(22)26-9-21(10-27-18(23)6-14(2)31,11-28-19(24)7-15(3)32)12-29-20(25)8-16(4)33;1-2-6(3-7,4-8)5-9;3*1-3(7)2-4(5)6/h13-16,30-33H,5-12H2,1-4H3;7-9H,2-5H2,1H3;3*3,7H,2H2,1H3,(H,5,6). The summed E-state index contributed by atoms with van der Waals surface area (Å²) in [5, 5.41) is 49.1. The van der Waals surface area contributed by atoms with Crippen molar-refractivity contribution >= 4 is 130 Å². The number of carbonyl (C=O) groups excluding carboxylic acids is 4. The van der Waals surface area contributed by atoms with Crippen LogP contribution in [0.5, 0.6) is 0 Å². The lowest BCUT2D eigenvalue weighted by Crippen LogP contribution is -2.44. The molecule has 63 heavy (non-hydrogen) atoms. The number of carbonyl (C=O) groups is 7. The molecule has 0 heterocycles. The van der Waals surface area contributed by atoms with E-state index in [0.29, 0.717) is 6.42 Å². The molecule has 17 nitrogen and oxygen atoms in total. The smallest absolute Gasteiger partial charge is 0.306 e. The van der Waals surface area contributed by atoms with Crippen LogP contribution in [0.2, 0.25) is 0 Å². The third kappa shape index (κ3) is 53.1. The lowest BCUT2D eigenvalue weighted by Gasteiger charge is -2.32. The maximum Gasteiger partial charge on any atom is 0.306 e. The van der Waals surface area contributed by atoms with E-state index in [0.717, 1.165) is 0 Å². The molecule has 7 unspecified atom stereocenters. The van der Waals surface area contributed by atoms with Gasteiger partial charge in [0.1, 0.15) is 31.8 Å². The number of rotatable bonds is 26. The number of aliphatic carboxylic acids is 3. The summed E-state index contributed by atoms with van der Waals surface area (Å²) in [5.74, 6) is -4.52. The molecule has 7 atom stereocenters. The molecule has 0 aliphatic heterocycles. The van der Waals surface area contributed by atoms with Crippen LogP contribution in [-0.2, 0) is 52.5 Å². The Kier molecular flexibility index (Phi) is 47.1. The summed E-state index contributed by atoms with van der Waals surface area (Å²) >= 11 is 28.3. The zero-order chi connectivity index (χ0) is 50.5. The Morgan fingerprint density at radius 3 is 0.635 bits per heavy atom. The molecule has 0 saturated carbocycles. The van der Waals surface area contributed by atoms with Gasteiger partial charge in [0.05, 0.1) is 64.8 Å². The SMILES string of the molecule is CC(S)CC(=O)O.CC(S)CC(=O)O.CC(S)CC(=O)O.CC(S)CC(=O)OCC(COC(=O)CC(C)S)(COC(=O)CC(C)S)COC(=O)CC(C)S.CCC(CO)(CO)CO. The molecule has 0 saturated heterocycles. The largest absolute Gasteiger partial charge is 0.481 e. The number of thiol groups is 7. The number of hydrogen-bond donors (Lipinski definition) is 13. The van der Waals surface area contributed by atoms with Crippen LogP contribution in [0.1, 0.15) is 107 Å². The highest BCUT2D eigenvalue weighted by Crippen LogP contribution is 2.24. The second-order valence-electron chi connectivity index (χ2n) is 15.0. The van der Waals surface area contributed by atoms with Gasteiger partial charge >= 0.3 is 41.8 Å². The molecule has 0 aromatic carbocycles. The van der Waals surface area contributed by atoms with E-state index in [-0.39, 0.29) is 128 Å². The Hall–Kier alpha value is -1.38. The van der Waals surface area contributed by atoms with Crippen molar-refractivity contribution in [2.24, 2.45) is 10.8 Å². The molecule has 0 aliphatic carbocycles. The van der Waals surface area contributed by atoms with E-state index in [9.17, 15) is 33.6 Å². The van der Waals surface area contributed by atoms with Gasteiger partial charge in [0.25, 0.3) is 0 Å². The highest BCUT2D eigenvalue weighted by Gasteiger charge is 2.38. The van der Waals surface area contributed by atoms with Crippen molar-refractivity contribution in [1.82, 2.24) is 0 Å². The van der Waals surface area contributed by atoms with Crippen LogP contribution in [0, 0.1) is 10.8 Å². The molecule has 374 valence electrons. The fraction of sp³-hybridized carbons (Fsp3) is 0.821. The Morgan fingerprint density at radius 1 is 0.381 bits per heavy atom. The second kappa shape index (κ2) is 42.0. The van der Waals surface area contributed by atoms with Crippen molar-refractivity contribution in [2.45, 2.75) is 144 Å². The molecule has 0 rings (SSSR count). The molecule has 0 bridgehead atoms. The maximum atomic E-state index is 12.1. The van der Waals surface area contributed by atoms with E-state index in [2.05, 4.69) is 88.4 Å². The fourth-order valence-corrected chi connectivity index (χ4v) is 4.69. The fourth-order valence-electron chi connectivity index (χ4n) is 3.63. The molecule has 0 aromatic rings. The molecule has 0 radical (unpaired) electrons. The molecule has 0 fully saturated rings. The third-order valence-corrected chi connectivity index (χ3v) is 8.45. The van der Waals surface area contributed by atoms with E-state index in [1.165, 1.54) is 0 Å². The van der Waals surface area contributed by atoms with E-state index < -0.39 is 52.6 Å². The van der Waals surface area contributed by atoms with Crippen LogP contribution < -0.4 is 0 Å². The van der Waals surface area contributed by atoms with Crippen LogP contribution in [0.4, 0.5) is 0 Å². The predicted octanol–water partition coefficient (Wildman–Crippen LogP) is 4.68. The Morgan fingerprint density at radius 2 is 0.556 bits per heavy atom. The molecule has 0 spiro atoms. The van der Waals surface area contributed by atoms with Crippen molar-refractivity contribution in [3.05, 3.63) is 0 Å². The lowest BCUT2D eigenvalue weighted by molar-refractivity contribution is -0.170. The number of hydrogen-bond acceptors (Lipinski definition) is 21. The topological polar surface area (TPSA) is 278 Å². The van der Waals surface area contributed by atoms with Gasteiger partial charge in [-0.25, -0.2) is 0 Å². The quantitative estimate of drug-likeness (QED) is 0.0318. The van der Waals surface area contributed by atoms with Gasteiger partial charge in [0.2, 0.25) is 0 Å². The van der Waals surface area contributed by atoms with E-state index in [4.69, 9.17) is 49.6 Å². The summed E-state index contributed by atoms with van der Waals surface area (Å²) < 4.78 is 21.4. The average Bonchev–Trinajstić information content (AvgIpc) is 3.10.